The number of methoxy groups -OCH3 is 1. The van der Waals surface area contributed by atoms with Crippen LogP contribution >= 0.6 is 11.6 Å². The predicted molar refractivity (Wildman–Crippen MR) is 104 cm³/mol. The number of carbonyl (C=O) groups excluding carboxylic acids is 2. The van der Waals surface area contributed by atoms with E-state index in [1.165, 1.54) is 24.1 Å². The summed E-state index contributed by atoms with van der Waals surface area (Å²) in [4.78, 5) is 26.9. The van der Waals surface area contributed by atoms with Gasteiger partial charge in [-0.15, -0.1) is 0 Å². The minimum atomic E-state index is -0.591. The number of benzene rings is 2. The summed E-state index contributed by atoms with van der Waals surface area (Å²) in [5.74, 6) is -0.821. The SMILES string of the molecule is COC(=O)C1=C(C)N(c2ccc(C)c(Cl)c2)C(=O)/C1=C\c1ccc(O)cc1. The molecule has 0 fully saturated rings. The molecule has 1 amide bonds. The number of esters is 1. The molecule has 1 aliphatic rings. The van der Waals surface area contributed by atoms with Gasteiger partial charge in [-0.25, -0.2) is 4.79 Å². The highest BCUT2D eigenvalue weighted by Gasteiger charge is 2.38. The molecule has 0 spiro atoms. The summed E-state index contributed by atoms with van der Waals surface area (Å²) in [6, 6.07) is 11.6. The molecule has 1 heterocycles. The van der Waals surface area contributed by atoms with Gasteiger partial charge < -0.3 is 9.84 Å². The number of carbonyl (C=O) groups is 2. The van der Waals surface area contributed by atoms with Crippen molar-refractivity contribution in [2.75, 3.05) is 12.0 Å². The Labute approximate surface area is 162 Å². The van der Waals surface area contributed by atoms with Crippen molar-refractivity contribution < 1.29 is 19.4 Å². The first kappa shape index (κ1) is 18.7. The number of nitrogens with zero attached hydrogens (tertiary/aromatic N) is 1. The van der Waals surface area contributed by atoms with Crippen molar-refractivity contribution in [2.45, 2.75) is 13.8 Å². The van der Waals surface area contributed by atoms with Gasteiger partial charge in [0.15, 0.2) is 0 Å². The van der Waals surface area contributed by atoms with E-state index in [0.29, 0.717) is 22.0 Å². The molecular weight excluding hydrogens is 366 g/mol. The number of aromatic hydroxyl groups is 1. The lowest BCUT2D eigenvalue weighted by Gasteiger charge is -2.18. The lowest BCUT2D eigenvalue weighted by atomic mass is 10.0. The van der Waals surface area contributed by atoms with E-state index in [-0.39, 0.29) is 22.8 Å². The van der Waals surface area contributed by atoms with E-state index >= 15 is 0 Å². The summed E-state index contributed by atoms with van der Waals surface area (Å²) in [6.45, 7) is 3.56. The standard InChI is InChI=1S/C21H18ClNO4/c1-12-4-7-15(11-18(12)22)23-13(2)19(21(26)27-3)17(20(23)25)10-14-5-8-16(24)9-6-14/h4-11,24H,1-3H3/b17-10-. The number of halogens is 1. The van der Waals surface area contributed by atoms with Crippen molar-refractivity contribution in [2.24, 2.45) is 0 Å². The van der Waals surface area contributed by atoms with Crippen LogP contribution in [0.4, 0.5) is 5.69 Å². The van der Waals surface area contributed by atoms with Crippen LogP contribution in [0.5, 0.6) is 5.75 Å². The van der Waals surface area contributed by atoms with E-state index in [4.69, 9.17) is 16.3 Å². The molecule has 0 radical (unpaired) electrons. The summed E-state index contributed by atoms with van der Waals surface area (Å²) in [7, 11) is 1.27. The number of phenolic OH excluding ortho intramolecular Hbond substituents is 1. The second-order valence-electron chi connectivity index (χ2n) is 6.18. The third-order valence-corrected chi connectivity index (χ3v) is 4.81. The summed E-state index contributed by atoms with van der Waals surface area (Å²) in [6.07, 6.45) is 1.60. The van der Waals surface area contributed by atoms with Crippen molar-refractivity contribution in [3.63, 3.8) is 0 Å². The minimum Gasteiger partial charge on any atom is -0.508 e. The number of aryl methyl sites for hydroxylation is 1. The van der Waals surface area contributed by atoms with Gasteiger partial charge in [0.05, 0.1) is 23.9 Å². The molecule has 138 valence electrons. The van der Waals surface area contributed by atoms with Gasteiger partial charge in [-0.3, -0.25) is 9.69 Å². The molecule has 2 aromatic rings. The summed E-state index contributed by atoms with van der Waals surface area (Å²) in [5, 5.41) is 9.97. The van der Waals surface area contributed by atoms with E-state index < -0.39 is 5.97 Å². The van der Waals surface area contributed by atoms with Gasteiger partial charge in [0.2, 0.25) is 0 Å². The fourth-order valence-electron chi connectivity index (χ4n) is 2.95. The first-order valence-corrected chi connectivity index (χ1v) is 8.62. The molecular formula is C21H18ClNO4. The van der Waals surface area contributed by atoms with Crippen LogP contribution in [0.2, 0.25) is 5.02 Å². The van der Waals surface area contributed by atoms with Gasteiger partial charge in [-0.1, -0.05) is 29.8 Å². The molecule has 5 nitrogen and oxygen atoms in total. The Morgan fingerprint density at radius 1 is 1.15 bits per heavy atom. The van der Waals surface area contributed by atoms with Crippen LogP contribution in [0.15, 0.2) is 59.3 Å². The Kier molecular flexibility index (Phi) is 5.06. The first-order valence-electron chi connectivity index (χ1n) is 8.24. The molecule has 27 heavy (non-hydrogen) atoms. The summed E-state index contributed by atoms with van der Waals surface area (Å²) < 4.78 is 4.88. The zero-order valence-corrected chi connectivity index (χ0v) is 15.9. The van der Waals surface area contributed by atoms with Crippen LogP contribution < -0.4 is 4.90 Å². The molecule has 0 bridgehead atoms. The van der Waals surface area contributed by atoms with Crippen molar-refractivity contribution in [1.82, 2.24) is 0 Å². The van der Waals surface area contributed by atoms with Gasteiger partial charge in [-0.2, -0.15) is 0 Å². The molecule has 0 saturated heterocycles. The van der Waals surface area contributed by atoms with Crippen molar-refractivity contribution >= 4 is 35.2 Å². The highest BCUT2D eigenvalue weighted by atomic mass is 35.5. The van der Waals surface area contributed by atoms with Gasteiger partial charge in [0.25, 0.3) is 5.91 Å². The number of allylic oxidation sites excluding steroid dienone is 1. The van der Waals surface area contributed by atoms with Gasteiger partial charge in [0, 0.05) is 10.7 Å². The second kappa shape index (κ2) is 7.29. The fraction of sp³-hybridized carbons (Fsp3) is 0.143. The molecule has 1 aliphatic heterocycles. The molecule has 0 atom stereocenters. The maximum atomic E-state index is 13.1. The molecule has 0 saturated carbocycles. The van der Waals surface area contributed by atoms with Gasteiger partial charge in [-0.05, 0) is 55.3 Å². The van der Waals surface area contributed by atoms with E-state index in [0.717, 1.165) is 5.56 Å². The highest BCUT2D eigenvalue weighted by Crippen LogP contribution is 2.36. The number of ether oxygens (including phenoxy) is 1. The van der Waals surface area contributed by atoms with Crippen LogP contribution in [0.3, 0.4) is 0 Å². The predicted octanol–water partition coefficient (Wildman–Crippen LogP) is 4.23. The van der Waals surface area contributed by atoms with E-state index in [2.05, 4.69) is 0 Å². The monoisotopic (exact) mass is 383 g/mol. The van der Waals surface area contributed by atoms with Crippen LogP contribution in [-0.2, 0) is 14.3 Å². The lowest BCUT2D eigenvalue weighted by Crippen LogP contribution is -2.24. The normalized spacial score (nSPS) is 15.6. The van der Waals surface area contributed by atoms with E-state index in [1.54, 1.807) is 37.3 Å². The molecule has 0 aromatic heterocycles. The van der Waals surface area contributed by atoms with E-state index in [1.807, 2.05) is 13.0 Å². The van der Waals surface area contributed by atoms with Crippen molar-refractivity contribution in [3.05, 3.63) is 75.5 Å². The zero-order chi connectivity index (χ0) is 19.7. The maximum absolute atomic E-state index is 13.1. The second-order valence-corrected chi connectivity index (χ2v) is 6.58. The highest BCUT2D eigenvalue weighted by molar-refractivity contribution is 6.32. The third kappa shape index (κ3) is 3.46. The maximum Gasteiger partial charge on any atom is 0.340 e. The molecule has 1 N–H and O–H groups in total. The van der Waals surface area contributed by atoms with Gasteiger partial charge in [0.1, 0.15) is 5.75 Å². The molecule has 2 aromatic carbocycles. The first-order chi connectivity index (χ1) is 12.8. The third-order valence-electron chi connectivity index (χ3n) is 4.41. The molecule has 0 unspecified atom stereocenters. The number of rotatable bonds is 3. The number of amides is 1. The fourth-order valence-corrected chi connectivity index (χ4v) is 3.12. The van der Waals surface area contributed by atoms with Crippen LogP contribution in [0.1, 0.15) is 18.1 Å². The molecule has 0 aliphatic carbocycles. The number of hydrogen-bond acceptors (Lipinski definition) is 4. The largest absolute Gasteiger partial charge is 0.508 e. The Hall–Kier alpha value is -3.05. The van der Waals surface area contributed by atoms with Gasteiger partial charge >= 0.3 is 5.97 Å². The van der Waals surface area contributed by atoms with Crippen LogP contribution in [-0.4, -0.2) is 24.1 Å². The smallest absolute Gasteiger partial charge is 0.340 e. The lowest BCUT2D eigenvalue weighted by molar-refractivity contribution is -0.136. The zero-order valence-electron chi connectivity index (χ0n) is 15.1. The van der Waals surface area contributed by atoms with E-state index in [9.17, 15) is 14.7 Å². The topological polar surface area (TPSA) is 66.8 Å². The van der Waals surface area contributed by atoms with Crippen molar-refractivity contribution in [1.29, 1.82) is 0 Å². The number of hydrogen-bond donors (Lipinski definition) is 1. The molecule has 3 rings (SSSR count). The average molecular weight is 384 g/mol. The molecule has 6 heteroatoms. The van der Waals surface area contributed by atoms with Crippen molar-refractivity contribution in [3.8, 4) is 5.75 Å². The minimum absolute atomic E-state index is 0.116. The Morgan fingerprint density at radius 2 is 1.81 bits per heavy atom. The number of anilines is 1. The summed E-state index contributed by atoms with van der Waals surface area (Å²) >= 11 is 6.21. The Balaban J connectivity index is 2.14. The van der Waals surface area contributed by atoms with Crippen LogP contribution in [0, 0.1) is 6.92 Å². The Bertz CT molecular complexity index is 990. The number of phenols is 1. The quantitative estimate of drug-likeness (QED) is 0.636. The average Bonchev–Trinajstić information content (AvgIpc) is 2.89. The Morgan fingerprint density at radius 3 is 2.41 bits per heavy atom. The summed E-state index contributed by atoms with van der Waals surface area (Å²) in [5.41, 5.74) is 3.03. The van der Waals surface area contributed by atoms with Crippen LogP contribution in [0.25, 0.3) is 6.08 Å².